The van der Waals surface area contributed by atoms with E-state index in [1.54, 1.807) is 0 Å². The van der Waals surface area contributed by atoms with E-state index in [1.807, 2.05) is 6.08 Å². The maximum Gasteiger partial charge on any atom is 0.189 e. The Morgan fingerprint density at radius 2 is 1.24 bits per heavy atom. The summed E-state index contributed by atoms with van der Waals surface area (Å²) in [5.74, 6) is 0.422. The maximum absolute atomic E-state index is 11.0. The summed E-state index contributed by atoms with van der Waals surface area (Å²) in [5.41, 5.74) is 0. The van der Waals surface area contributed by atoms with Gasteiger partial charge in [-0.15, -0.1) is 0 Å². The standard InChI is InChI=1S/C22H42O3/c1-3-5-7-9-11-12-13-14-16-18-22(20-23)25-21-24-19-17-15-10-8-6-4-2/h18,20H,3-17,19,21H2,1-2H3. The number of carbonyl (C=O) groups is 1. The number of hydrogen-bond acceptors (Lipinski definition) is 3. The third kappa shape index (κ3) is 19.3. The molecule has 0 aliphatic rings. The van der Waals surface area contributed by atoms with Gasteiger partial charge >= 0.3 is 0 Å². The van der Waals surface area contributed by atoms with Crippen molar-refractivity contribution in [3.8, 4) is 0 Å². The highest BCUT2D eigenvalue weighted by molar-refractivity contribution is 5.69. The largest absolute Gasteiger partial charge is 0.464 e. The molecule has 148 valence electrons. The quantitative estimate of drug-likeness (QED) is 0.0780. The van der Waals surface area contributed by atoms with Crippen molar-refractivity contribution in [3.05, 3.63) is 11.8 Å². The molecule has 0 amide bonds. The van der Waals surface area contributed by atoms with E-state index in [-0.39, 0.29) is 6.79 Å². The van der Waals surface area contributed by atoms with Gasteiger partial charge in [-0.05, 0) is 25.3 Å². The first-order chi connectivity index (χ1) is 12.3. The first-order valence-electron chi connectivity index (χ1n) is 10.7. The Labute approximate surface area is 156 Å². The average molecular weight is 355 g/mol. The van der Waals surface area contributed by atoms with Gasteiger partial charge in [0.2, 0.25) is 0 Å². The summed E-state index contributed by atoms with van der Waals surface area (Å²) in [7, 11) is 0. The fourth-order valence-corrected chi connectivity index (χ4v) is 2.82. The van der Waals surface area contributed by atoms with E-state index in [0.717, 1.165) is 32.2 Å². The minimum Gasteiger partial charge on any atom is -0.464 e. The predicted octanol–water partition coefficient (Wildman–Crippen LogP) is 6.95. The minimum atomic E-state index is 0.191. The van der Waals surface area contributed by atoms with Crippen LogP contribution in [-0.2, 0) is 14.3 Å². The third-order valence-corrected chi connectivity index (χ3v) is 4.47. The van der Waals surface area contributed by atoms with Crippen molar-refractivity contribution in [3.63, 3.8) is 0 Å². The van der Waals surface area contributed by atoms with Gasteiger partial charge in [0.05, 0.1) is 6.61 Å². The van der Waals surface area contributed by atoms with Crippen LogP contribution in [0.25, 0.3) is 0 Å². The summed E-state index contributed by atoms with van der Waals surface area (Å²) < 4.78 is 10.8. The molecule has 0 rings (SSSR count). The van der Waals surface area contributed by atoms with E-state index in [2.05, 4.69) is 13.8 Å². The van der Waals surface area contributed by atoms with Gasteiger partial charge in [-0.25, -0.2) is 0 Å². The molecule has 0 radical (unpaired) electrons. The van der Waals surface area contributed by atoms with E-state index >= 15 is 0 Å². The van der Waals surface area contributed by atoms with Gasteiger partial charge in [0, 0.05) is 0 Å². The summed E-state index contributed by atoms with van der Waals surface area (Å²) in [6.45, 7) is 5.39. The zero-order chi connectivity index (χ0) is 18.4. The van der Waals surface area contributed by atoms with Crippen LogP contribution in [0.2, 0.25) is 0 Å². The zero-order valence-electron chi connectivity index (χ0n) is 16.9. The van der Waals surface area contributed by atoms with Crippen molar-refractivity contribution in [1.82, 2.24) is 0 Å². The fraction of sp³-hybridized carbons (Fsp3) is 0.864. The summed E-state index contributed by atoms with van der Waals surface area (Å²) in [5, 5.41) is 0. The Morgan fingerprint density at radius 3 is 1.80 bits per heavy atom. The highest BCUT2D eigenvalue weighted by Crippen LogP contribution is 2.10. The second-order valence-corrected chi connectivity index (χ2v) is 6.93. The monoisotopic (exact) mass is 354 g/mol. The second kappa shape index (κ2) is 21.2. The molecule has 0 spiro atoms. The van der Waals surface area contributed by atoms with Crippen LogP contribution in [-0.4, -0.2) is 19.7 Å². The Kier molecular flexibility index (Phi) is 20.5. The number of ether oxygens (including phenoxy) is 2. The fourth-order valence-electron chi connectivity index (χ4n) is 2.82. The minimum absolute atomic E-state index is 0.191. The molecular formula is C22H42O3. The molecule has 25 heavy (non-hydrogen) atoms. The van der Waals surface area contributed by atoms with Crippen molar-refractivity contribution in [2.45, 2.75) is 110 Å². The van der Waals surface area contributed by atoms with Crippen LogP contribution in [0.15, 0.2) is 11.8 Å². The van der Waals surface area contributed by atoms with Gasteiger partial charge in [0.15, 0.2) is 18.8 Å². The first-order valence-corrected chi connectivity index (χ1v) is 10.7. The molecule has 0 N–H and O–H groups in total. The smallest absolute Gasteiger partial charge is 0.189 e. The summed E-state index contributed by atoms with van der Waals surface area (Å²) >= 11 is 0. The molecule has 0 bridgehead atoms. The Balaban J connectivity index is 3.42. The molecular weight excluding hydrogens is 312 g/mol. The third-order valence-electron chi connectivity index (χ3n) is 4.47. The van der Waals surface area contributed by atoms with Crippen molar-refractivity contribution in [1.29, 1.82) is 0 Å². The molecule has 0 aromatic heterocycles. The van der Waals surface area contributed by atoms with Crippen molar-refractivity contribution in [2.75, 3.05) is 13.4 Å². The van der Waals surface area contributed by atoms with Crippen LogP contribution in [0.5, 0.6) is 0 Å². The second-order valence-electron chi connectivity index (χ2n) is 6.93. The lowest BCUT2D eigenvalue weighted by Gasteiger charge is -2.07. The maximum atomic E-state index is 11.0. The topological polar surface area (TPSA) is 35.5 Å². The van der Waals surface area contributed by atoms with E-state index in [4.69, 9.17) is 9.47 Å². The molecule has 0 atom stereocenters. The lowest BCUT2D eigenvalue weighted by molar-refractivity contribution is -0.111. The number of rotatable bonds is 20. The van der Waals surface area contributed by atoms with Crippen LogP contribution < -0.4 is 0 Å². The molecule has 0 saturated carbocycles. The van der Waals surface area contributed by atoms with Gasteiger partial charge in [0.1, 0.15) is 0 Å². The summed E-state index contributed by atoms with van der Waals surface area (Å²) in [4.78, 5) is 11.0. The normalized spacial score (nSPS) is 11.7. The number of hydrogen-bond donors (Lipinski definition) is 0. The highest BCUT2D eigenvalue weighted by atomic mass is 16.7. The molecule has 3 heteroatoms. The molecule has 0 unspecified atom stereocenters. The Bertz CT molecular complexity index is 300. The van der Waals surface area contributed by atoms with Gasteiger partial charge < -0.3 is 9.47 Å². The summed E-state index contributed by atoms with van der Waals surface area (Å²) in [6.07, 6.45) is 21.5. The summed E-state index contributed by atoms with van der Waals surface area (Å²) in [6, 6.07) is 0. The predicted molar refractivity (Wildman–Crippen MR) is 107 cm³/mol. The van der Waals surface area contributed by atoms with Crippen LogP contribution >= 0.6 is 0 Å². The van der Waals surface area contributed by atoms with E-state index in [0.29, 0.717) is 5.76 Å². The van der Waals surface area contributed by atoms with Gasteiger partial charge in [-0.3, -0.25) is 4.79 Å². The van der Waals surface area contributed by atoms with E-state index in [1.165, 1.54) is 77.0 Å². The lowest BCUT2D eigenvalue weighted by atomic mass is 10.1. The van der Waals surface area contributed by atoms with E-state index < -0.39 is 0 Å². The number of aldehydes is 1. The number of unbranched alkanes of at least 4 members (excludes halogenated alkanes) is 13. The first kappa shape index (κ1) is 24.2. The Morgan fingerprint density at radius 1 is 0.720 bits per heavy atom. The molecule has 0 aliphatic heterocycles. The SMILES string of the molecule is CCCCCCCCCCC=C(C=O)OCOCCCCCCCC. The average Bonchev–Trinajstić information content (AvgIpc) is 2.63. The van der Waals surface area contributed by atoms with Crippen LogP contribution in [0, 0.1) is 0 Å². The molecule has 0 aliphatic carbocycles. The molecule has 3 nitrogen and oxygen atoms in total. The number of carbonyl (C=O) groups excluding carboxylic acids is 1. The van der Waals surface area contributed by atoms with Gasteiger partial charge in [-0.2, -0.15) is 0 Å². The van der Waals surface area contributed by atoms with Crippen LogP contribution in [0.3, 0.4) is 0 Å². The highest BCUT2D eigenvalue weighted by Gasteiger charge is 1.97. The van der Waals surface area contributed by atoms with Crippen molar-refractivity contribution >= 4 is 6.29 Å². The lowest BCUT2D eigenvalue weighted by Crippen LogP contribution is -2.02. The van der Waals surface area contributed by atoms with Gasteiger partial charge in [0.25, 0.3) is 0 Å². The Hall–Kier alpha value is -0.830. The molecule has 0 fully saturated rings. The molecule has 0 aromatic carbocycles. The van der Waals surface area contributed by atoms with Gasteiger partial charge in [-0.1, -0.05) is 90.9 Å². The van der Waals surface area contributed by atoms with Crippen molar-refractivity contribution < 1.29 is 14.3 Å². The van der Waals surface area contributed by atoms with Crippen LogP contribution in [0.4, 0.5) is 0 Å². The molecule has 0 heterocycles. The zero-order valence-corrected chi connectivity index (χ0v) is 16.9. The van der Waals surface area contributed by atoms with E-state index in [9.17, 15) is 4.79 Å². The van der Waals surface area contributed by atoms with Crippen LogP contribution in [0.1, 0.15) is 110 Å². The van der Waals surface area contributed by atoms with Crippen molar-refractivity contribution in [2.24, 2.45) is 0 Å². The molecule has 0 aromatic rings. The molecule has 0 saturated heterocycles. The number of allylic oxidation sites excluding steroid dienone is 2.